The van der Waals surface area contributed by atoms with Crippen LogP contribution in [0.15, 0.2) is 44.8 Å². The number of hydrogen-bond donors (Lipinski definition) is 1. The summed E-state index contributed by atoms with van der Waals surface area (Å²) >= 11 is 1.16. The number of amides is 1. The van der Waals surface area contributed by atoms with Crippen molar-refractivity contribution in [3.05, 3.63) is 46.8 Å². The number of rotatable bonds is 8. The average molecular weight is 500 g/mol. The molecule has 1 aliphatic heterocycles. The number of aryl methyl sites for hydroxylation is 1. The average Bonchev–Trinajstić information content (AvgIpc) is 3.30. The van der Waals surface area contributed by atoms with E-state index in [1.807, 2.05) is 0 Å². The first kappa shape index (κ1) is 24.8. The van der Waals surface area contributed by atoms with Gasteiger partial charge in [-0.05, 0) is 48.9 Å². The molecular formula is C21H29N3O5S3. The third-order valence-corrected chi connectivity index (χ3v) is 10.6. The molecule has 1 N–H and O–H groups in total. The number of piperidine rings is 1. The van der Waals surface area contributed by atoms with Gasteiger partial charge in [0.15, 0.2) is 0 Å². The van der Waals surface area contributed by atoms with Gasteiger partial charge in [0.1, 0.15) is 4.21 Å². The molecular weight excluding hydrogens is 470 g/mol. The van der Waals surface area contributed by atoms with Crippen LogP contribution in [0, 0.1) is 6.92 Å². The Morgan fingerprint density at radius 2 is 1.78 bits per heavy atom. The number of carbonyl (C=O) groups is 1. The molecule has 8 nitrogen and oxygen atoms in total. The zero-order chi connectivity index (χ0) is 23.5. The number of sulfonamides is 2. The van der Waals surface area contributed by atoms with Crippen LogP contribution in [0.25, 0.3) is 0 Å². The van der Waals surface area contributed by atoms with Gasteiger partial charge in [0, 0.05) is 37.8 Å². The van der Waals surface area contributed by atoms with Crippen LogP contribution in [0.1, 0.15) is 42.6 Å². The van der Waals surface area contributed by atoms with E-state index in [1.165, 1.54) is 16.4 Å². The van der Waals surface area contributed by atoms with Gasteiger partial charge in [-0.3, -0.25) is 4.79 Å². The Morgan fingerprint density at radius 1 is 1.12 bits per heavy atom. The maximum Gasteiger partial charge on any atom is 0.254 e. The number of nitrogens with zero attached hydrogens (tertiary/aromatic N) is 2. The van der Waals surface area contributed by atoms with Crippen LogP contribution >= 0.6 is 11.3 Å². The number of hydrogen-bond acceptors (Lipinski definition) is 6. The second-order valence-corrected chi connectivity index (χ2v) is 12.5. The van der Waals surface area contributed by atoms with Crippen molar-refractivity contribution in [2.75, 3.05) is 26.2 Å². The fourth-order valence-corrected chi connectivity index (χ4v) is 7.57. The maximum absolute atomic E-state index is 13.2. The third kappa shape index (κ3) is 5.23. The van der Waals surface area contributed by atoms with Crippen molar-refractivity contribution in [3.8, 4) is 0 Å². The van der Waals surface area contributed by atoms with Crippen LogP contribution in [0.4, 0.5) is 0 Å². The van der Waals surface area contributed by atoms with Gasteiger partial charge in [-0.1, -0.05) is 26.0 Å². The van der Waals surface area contributed by atoms with E-state index < -0.39 is 20.0 Å². The van der Waals surface area contributed by atoms with E-state index >= 15 is 0 Å². The molecule has 1 aliphatic rings. The van der Waals surface area contributed by atoms with Gasteiger partial charge in [0.05, 0.1) is 4.90 Å². The highest BCUT2D eigenvalue weighted by Gasteiger charge is 2.29. The lowest BCUT2D eigenvalue weighted by Gasteiger charge is -2.32. The van der Waals surface area contributed by atoms with Crippen molar-refractivity contribution in [2.24, 2.45) is 0 Å². The van der Waals surface area contributed by atoms with E-state index in [4.69, 9.17) is 0 Å². The lowest BCUT2D eigenvalue weighted by molar-refractivity contribution is 0.0710. The molecule has 176 valence electrons. The second-order valence-electron chi connectivity index (χ2n) is 7.69. The Labute approximate surface area is 194 Å². The summed E-state index contributed by atoms with van der Waals surface area (Å²) in [7, 11) is -7.22. The summed E-state index contributed by atoms with van der Waals surface area (Å²) in [5.74, 6) is -0.237. The van der Waals surface area contributed by atoms with Gasteiger partial charge in [-0.15, -0.1) is 11.3 Å². The number of benzene rings is 1. The standard InChI is InChI=1S/C21H29N3O5S3/c1-4-24(5-2)32(28,29)18-9-8-16(3)19(15-18)21(25)23-12-10-17(11-13-23)22-31(26,27)20-7-6-14-30-20/h6-9,14-15,17,22H,4-5,10-13H2,1-3H3. The first-order valence-corrected chi connectivity index (χ1v) is 14.4. The van der Waals surface area contributed by atoms with E-state index in [1.54, 1.807) is 49.3 Å². The number of likely N-dealkylation sites (tertiary alicyclic amines) is 1. The Kier molecular flexibility index (Phi) is 7.77. The second kappa shape index (κ2) is 10.0. The maximum atomic E-state index is 13.2. The van der Waals surface area contributed by atoms with Crippen molar-refractivity contribution in [2.45, 2.75) is 48.8 Å². The molecule has 2 heterocycles. The largest absolute Gasteiger partial charge is 0.339 e. The molecule has 0 saturated carbocycles. The van der Waals surface area contributed by atoms with Gasteiger partial charge in [-0.2, -0.15) is 4.31 Å². The van der Waals surface area contributed by atoms with Gasteiger partial charge in [0.25, 0.3) is 5.91 Å². The summed E-state index contributed by atoms with van der Waals surface area (Å²) in [4.78, 5) is 14.9. The normalized spacial score (nSPS) is 15.9. The van der Waals surface area contributed by atoms with Crippen molar-refractivity contribution >= 4 is 37.3 Å². The quantitative estimate of drug-likeness (QED) is 0.601. The SMILES string of the molecule is CCN(CC)S(=O)(=O)c1ccc(C)c(C(=O)N2CCC(NS(=O)(=O)c3cccs3)CC2)c1. The molecule has 2 aromatic rings. The summed E-state index contributed by atoms with van der Waals surface area (Å²) in [5.41, 5.74) is 1.06. The van der Waals surface area contributed by atoms with Crippen LogP contribution in [0.3, 0.4) is 0 Å². The minimum Gasteiger partial charge on any atom is -0.339 e. The molecule has 1 amide bonds. The monoisotopic (exact) mass is 499 g/mol. The van der Waals surface area contributed by atoms with Crippen molar-refractivity contribution in [1.29, 1.82) is 0 Å². The van der Waals surface area contributed by atoms with Crippen molar-refractivity contribution in [1.82, 2.24) is 13.9 Å². The van der Waals surface area contributed by atoms with E-state index in [-0.39, 0.29) is 21.1 Å². The molecule has 32 heavy (non-hydrogen) atoms. The van der Waals surface area contributed by atoms with Crippen LogP contribution in [0.5, 0.6) is 0 Å². The third-order valence-electron chi connectivity index (χ3n) is 5.65. The van der Waals surface area contributed by atoms with Gasteiger partial charge in [-0.25, -0.2) is 21.6 Å². The highest BCUT2D eigenvalue weighted by Crippen LogP contribution is 2.23. The molecule has 1 aromatic heterocycles. The number of carbonyl (C=O) groups excluding carboxylic acids is 1. The number of nitrogens with one attached hydrogen (secondary N) is 1. The smallest absolute Gasteiger partial charge is 0.254 e. The van der Waals surface area contributed by atoms with Gasteiger partial charge in [0.2, 0.25) is 20.0 Å². The first-order valence-electron chi connectivity index (χ1n) is 10.6. The van der Waals surface area contributed by atoms with Crippen LogP contribution in [-0.2, 0) is 20.0 Å². The molecule has 11 heteroatoms. The summed E-state index contributed by atoms with van der Waals surface area (Å²) in [6.45, 7) is 6.82. The lowest BCUT2D eigenvalue weighted by Crippen LogP contribution is -2.46. The zero-order valence-electron chi connectivity index (χ0n) is 18.4. The Balaban J connectivity index is 1.71. The highest BCUT2D eigenvalue weighted by atomic mass is 32.2. The summed E-state index contributed by atoms with van der Waals surface area (Å²) in [6, 6.07) is 7.65. The van der Waals surface area contributed by atoms with E-state index in [0.29, 0.717) is 50.1 Å². The van der Waals surface area contributed by atoms with E-state index in [0.717, 1.165) is 11.3 Å². The van der Waals surface area contributed by atoms with E-state index in [2.05, 4.69) is 4.72 Å². The van der Waals surface area contributed by atoms with Crippen LogP contribution < -0.4 is 4.72 Å². The summed E-state index contributed by atoms with van der Waals surface area (Å²) in [6.07, 6.45) is 0.986. The molecule has 1 aromatic carbocycles. The molecule has 0 radical (unpaired) electrons. The lowest BCUT2D eigenvalue weighted by atomic mass is 10.0. The van der Waals surface area contributed by atoms with Crippen molar-refractivity contribution in [3.63, 3.8) is 0 Å². The summed E-state index contributed by atoms with van der Waals surface area (Å²) in [5, 5.41) is 1.72. The summed E-state index contributed by atoms with van der Waals surface area (Å²) < 4.78 is 55.0. The topological polar surface area (TPSA) is 104 Å². The zero-order valence-corrected chi connectivity index (χ0v) is 20.9. The van der Waals surface area contributed by atoms with Gasteiger partial charge < -0.3 is 4.90 Å². The predicted octanol–water partition coefficient (Wildman–Crippen LogP) is 2.67. The van der Waals surface area contributed by atoms with Crippen molar-refractivity contribution < 1.29 is 21.6 Å². The molecule has 1 saturated heterocycles. The molecule has 1 fully saturated rings. The molecule has 0 bridgehead atoms. The molecule has 0 atom stereocenters. The molecule has 0 spiro atoms. The first-order chi connectivity index (χ1) is 15.1. The highest BCUT2D eigenvalue weighted by molar-refractivity contribution is 7.91. The van der Waals surface area contributed by atoms with Crippen LogP contribution in [0.2, 0.25) is 0 Å². The Hall–Kier alpha value is -1.79. The van der Waals surface area contributed by atoms with Crippen LogP contribution in [-0.4, -0.2) is 64.2 Å². The number of thiophene rings is 1. The molecule has 0 unspecified atom stereocenters. The minimum atomic E-state index is -3.67. The Morgan fingerprint density at radius 3 is 2.34 bits per heavy atom. The minimum absolute atomic E-state index is 0.105. The van der Waals surface area contributed by atoms with Gasteiger partial charge >= 0.3 is 0 Å². The van der Waals surface area contributed by atoms with E-state index in [9.17, 15) is 21.6 Å². The molecule has 3 rings (SSSR count). The predicted molar refractivity (Wildman–Crippen MR) is 125 cm³/mol. The Bertz CT molecular complexity index is 1150. The fourth-order valence-electron chi connectivity index (χ4n) is 3.77. The fraction of sp³-hybridized carbons (Fsp3) is 0.476. The molecule has 0 aliphatic carbocycles.